The van der Waals surface area contributed by atoms with Gasteiger partial charge in [0, 0.05) is 11.7 Å². The summed E-state index contributed by atoms with van der Waals surface area (Å²) in [4.78, 5) is 11.9. The molecule has 0 aliphatic heterocycles. The predicted molar refractivity (Wildman–Crippen MR) is 64.9 cm³/mol. The van der Waals surface area contributed by atoms with Crippen molar-refractivity contribution >= 4 is 5.91 Å². The van der Waals surface area contributed by atoms with Gasteiger partial charge in [0.15, 0.2) is 0 Å². The lowest BCUT2D eigenvalue weighted by molar-refractivity contribution is 0.0945. The topological polar surface area (TPSA) is 46.9 Å². The van der Waals surface area contributed by atoms with Crippen LogP contribution in [0.2, 0.25) is 0 Å². The van der Waals surface area contributed by atoms with E-state index >= 15 is 0 Å². The van der Waals surface area contributed by atoms with Gasteiger partial charge in [0.2, 0.25) is 0 Å². The highest BCUT2D eigenvalue weighted by Crippen LogP contribution is 2.39. The van der Waals surface area contributed by atoms with Crippen LogP contribution in [0.5, 0.6) is 0 Å². The number of carbonyl (C=O) groups is 1. The van der Waals surface area contributed by atoms with Crippen LogP contribution in [0.15, 0.2) is 6.07 Å². The van der Waals surface area contributed by atoms with E-state index in [1.165, 1.54) is 12.8 Å². The maximum absolute atomic E-state index is 11.9. The fourth-order valence-electron chi connectivity index (χ4n) is 2.28. The van der Waals surface area contributed by atoms with Crippen LogP contribution in [0.1, 0.15) is 54.8 Å². The van der Waals surface area contributed by atoms with Crippen molar-refractivity contribution < 1.29 is 4.79 Å². The van der Waals surface area contributed by atoms with E-state index in [2.05, 4.69) is 17.3 Å². The minimum absolute atomic E-state index is 0.0163. The standard InChI is InChI=1S/C13H19N3O/c1-8-7-12(13(17)14-11-5-6-11)15-16(8)9(2)10-3-4-10/h7,9-11H,3-6H2,1-2H3,(H,14,17). The first kappa shape index (κ1) is 10.8. The maximum Gasteiger partial charge on any atom is 0.272 e. The molecule has 1 heterocycles. The summed E-state index contributed by atoms with van der Waals surface area (Å²) in [6.45, 7) is 4.22. The SMILES string of the molecule is Cc1cc(C(=O)NC2CC2)nn1C(C)C1CC1. The summed E-state index contributed by atoms with van der Waals surface area (Å²) in [5, 5.41) is 7.44. The molecule has 4 nitrogen and oxygen atoms in total. The largest absolute Gasteiger partial charge is 0.348 e. The lowest BCUT2D eigenvalue weighted by Gasteiger charge is -2.12. The first-order valence-corrected chi connectivity index (χ1v) is 6.52. The third-order valence-electron chi connectivity index (χ3n) is 3.76. The number of nitrogens with one attached hydrogen (secondary N) is 1. The molecular weight excluding hydrogens is 214 g/mol. The molecule has 0 aromatic carbocycles. The molecule has 0 bridgehead atoms. The van der Waals surface area contributed by atoms with E-state index in [0.29, 0.717) is 17.8 Å². The van der Waals surface area contributed by atoms with Gasteiger partial charge in [-0.15, -0.1) is 0 Å². The molecule has 2 saturated carbocycles. The van der Waals surface area contributed by atoms with Crippen LogP contribution in [-0.2, 0) is 0 Å². The zero-order valence-electron chi connectivity index (χ0n) is 10.4. The zero-order valence-corrected chi connectivity index (χ0v) is 10.4. The molecule has 3 rings (SSSR count). The van der Waals surface area contributed by atoms with Gasteiger partial charge >= 0.3 is 0 Å². The number of hydrogen-bond donors (Lipinski definition) is 1. The minimum atomic E-state index is -0.0163. The van der Waals surface area contributed by atoms with Crippen LogP contribution in [0.3, 0.4) is 0 Å². The van der Waals surface area contributed by atoms with E-state index < -0.39 is 0 Å². The second-order valence-corrected chi connectivity index (χ2v) is 5.44. The predicted octanol–water partition coefficient (Wildman–Crippen LogP) is 2.05. The molecule has 0 radical (unpaired) electrons. The molecule has 4 heteroatoms. The Morgan fingerprint density at radius 3 is 2.76 bits per heavy atom. The number of aryl methyl sites for hydroxylation is 1. The summed E-state index contributed by atoms with van der Waals surface area (Å²) in [5.41, 5.74) is 1.66. The molecule has 1 aromatic heterocycles. The van der Waals surface area contributed by atoms with Crippen molar-refractivity contribution in [2.75, 3.05) is 0 Å². The van der Waals surface area contributed by atoms with Crippen LogP contribution in [0.4, 0.5) is 0 Å². The third-order valence-corrected chi connectivity index (χ3v) is 3.76. The van der Waals surface area contributed by atoms with E-state index in [1.807, 2.05) is 17.7 Å². The van der Waals surface area contributed by atoms with Crippen LogP contribution < -0.4 is 5.32 Å². The summed E-state index contributed by atoms with van der Waals surface area (Å²) in [6, 6.07) is 2.72. The van der Waals surface area contributed by atoms with Crippen molar-refractivity contribution in [2.45, 2.75) is 51.6 Å². The highest BCUT2D eigenvalue weighted by atomic mass is 16.2. The Bertz CT molecular complexity index is 444. The van der Waals surface area contributed by atoms with Crippen molar-refractivity contribution in [3.63, 3.8) is 0 Å². The van der Waals surface area contributed by atoms with E-state index in [9.17, 15) is 4.79 Å². The molecule has 1 unspecified atom stereocenters. The number of carbonyl (C=O) groups excluding carboxylic acids is 1. The van der Waals surface area contributed by atoms with Gasteiger partial charge in [0.25, 0.3) is 5.91 Å². The molecule has 0 saturated heterocycles. The summed E-state index contributed by atoms with van der Waals surface area (Å²) < 4.78 is 2.01. The summed E-state index contributed by atoms with van der Waals surface area (Å²) in [6.07, 6.45) is 4.82. The van der Waals surface area contributed by atoms with Crippen LogP contribution in [0, 0.1) is 12.8 Å². The van der Waals surface area contributed by atoms with Crippen molar-refractivity contribution in [1.29, 1.82) is 0 Å². The maximum atomic E-state index is 11.9. The van der Waals surface area contributed by atoms with Gasteiger partial charge in [-0.3, -0.25) is 9.48 Å². The molecule has 92 valence electrons. The van der Waals surface area contributed by atoms with Crippen LogP contribution >= 0.6 is 0 Å². The molecule has 1 N–H and O–H groups in total. The first-order chi connectivity index (χ1) is 8.15. The molecule has 2 aliphatic rings. The zero-order chi connectivity index (χ0) is 12.0. The molecular formula is C13H19N3O. The number of nitrogens with zero attached hydrogens (tertiary/aromatic N) is 2. The van der Waals surface area contributed by atoms with Gasteiger partial charge in [0.05, 0.1) is 6.04 Å². The summed E-state index contributed by atoms with van der Waals surface area (Å²) >= 11 is 0. The molecule has 0 spiro atoms. The normalized spacial score (nSPS) is 21.3. The molecule has 1 amide bonds. The van der Waals surface area contributed by atoms with Gasteiger partial charge in [-0.25, -0.2) is 0 Å². The molecule has 2 fully saturated rings. The average molecular weight is 233 g/mol. The van der Waals surface area contributed by atoms with Gasteiger partial charge in [-0.1, -0.05) is 0 Å². The lowest BCUT2D eigenvalue weighted by atomic mass is 10.2. The molecule has 1 aromatic rings. The van der Waals surface area contributed by atoms with Crippen molar-refractivity contribution in [3.05, 3.63) is 17.5 Å². The second-order valence-electron chi connectivity index (χ2n) is 5.44. The van der Waals surface area contributed by atoms with Gasteiger partial charge < -0.3 is 5.32 Å². The highest BCUT2D eigenvalue weighted by molar-refractivity contribution is 5.92. The van der Waals surface area contributed by atoms with E-state index in [0.717, 1.165) is 24.5 Å². The van der Waals surface area contributed by atoms with Gasteiger partial charge in [0.1, 0.15) is 5.69 Å². The molecule has 1 atom stereocenters. The van der Waals surface area contributed by atoms with Crippen molar-refractivity contribution in [2.24, 2.45) is 5.92 Å². The molecule has 17 heavy (non-hydrogen) atoms. The Hall–Kier alpha value is -1.32. The fourth-order valence-corrected chi connectivity index (χ4v) is 2.28. The summed E-state index contributed by atoms with van der Waals surface area (Å²) in [7, 11) is 0. The lowest BCUT2D eigenvalue weighted by Crippen LogP contribution is -2.26. The quantitative estimate of drug-likeness (QED) is 0.865. The Morgan fingerprint density at radius 1 is 1.47 bits per heavy atom. The average Bonchev–Trinajstić information content (AvgIpc) is 3.16. The Balaban J connectivity index is 1.76. The van der Waals surface area contributed by atoms with Gasteiger partial charge in [-0.2, -0.15) is 5.10 Å². The minimum Gasteiger partial charge on any atom is -0.348 e. The Morgan fingerprint density at radius 2 is 2.18 bits per heavy atom. The van der Waals surface area contributed by atoms with Gasteiger partial charge in [-0.05, 0) is 51.5 Å². The third kappa shape index (κ3) is 2.21. The first-order valence-electron chi connectivity index (χ1n) is 6.52. The Kier molecular flexibility index (Phi) is 2.45. The van der Waals surface area contributed by atoms with E-state index in [-0.39, 0.29) is 5.91 Å². The number of hydrogen-bond acceptors (Lipinski definition) is 2. The second kappa shape index (κ2) is 3.86. The highest BCUT2D eigenvalue weighted by Gasteiger charge is 2.31. The fraction of sp³-hybridized carbons (Fsp3) is 0.692. The summed E-state index contributed by atoms with van der Waals surface area (Å²) in [5.74, 6) is 0.741. The van der Waals surface area contributed by atoms with Crippen LogP contribution in [0.25, 0.3) is 0 Å². The monoisotopic (exact) mass is 233 g/mol. The van der Waals surface area contributed by atoms with E-state index in [1.54, 1.807) is 0 Å². The number of aromatic nitrogens is 2. The number of amides is 1. The molecule has 2 aliphatic carbocycles. The number of rotatable bonds is 4. The van der Waals surface area contributed by atoms with Crippen molar-refractivity contribution in [1.82, 2.24) is 15.1 Å². The van der Waals surface area contributed by atoms with Crippen molar-refractivity contribution in [3.8, 4) is 0 Å². The Labute approximate surface area is 101 Å². The smallest absolute Gasteiger partial charge is 0.272 e. The van der Waals surface area contributed by atoms with Crippen LogP contribution in [-0.4, -0.2) is 21.7 Å². The van der Waals surface area contributed by atoms with E-state index in [4.69, 9.17) is 0 Å².